The fourth-order valence-corrected chi connectivity index (χ4v) is 3.20. The van der Waals surface area contributed by atoms with Crippen LogP contribution in [0.25, 0.3) is 11.1 Å². The van der Waals surface area contributed by atoms with Crippen LogP contribution in [0, 0.1) is 0 Å². The number of carboxylic acids is 1. The van der Waals surface area contributed by atoms with E-state index in [1.807, 2.05) is 30.3 Å². The van der Waals surface area contributed by atoms with Gasteiger partial charge < -0.3 is 5.11 Å². The normalized spacial score (nSPS) is 20.5. The summed E-state index contributed by atoms with van der Waals surface area (Å²) in [6.45, 7) is 0. The Morgan fingerprint density at radius 1 is 0.947 bits per heavy atom. The van der Waals surface area contributed by atoms with Crippen molar-refractivity contribution in [3.63, 3.8) is 0 Å². The van der Waals surface area contributed by atoms with Gasteiger partial charge >= 0.3 is 5.97 Å². The molecule has 2 aromatic carbocycles. The van der Waals surface area contributed by atoms with Crippen LogP contribution in [-0.4, -0.2) is 11.1 Å². The molecule has 4 heteroatoms. The van der Waals surface area contributed by atoms with Gasteiger partial charge in [-0.1, -0.05) is 36.4 Å². The summed E-state index contributed by atoms with van der Waals surface area (Å²) in [5.41, 5.74) is 3.46. The van der Waals surface area contributed by atoms with Gasteiger partial charge in [0, 0.05) is 5.56 Å². The van der Waals surface area contributed by atoms with Crippen LogP contribution in [0.2, 0.25) is 0 Å². The number of aromatic carboxylic acids is 1. The molecule has 1 aliphatic carbocycles. The highest BCUT2D eigenvalue weighted by molar-refractivity contribution is 6.31. The second kappa shape index (κ2) is 4.55. The maximum atomic E-state index is 11.4. The van der Waals surface area contributed by atoms with Gasteiger partial charge in [-0.25, -0.2) is 4.79 Å². The van der Waals surface area contributed by atoms with E-state index in [0.717, 1.165) is 16.7 Å². The lowest BCUT2D eigenvalue weighted by atomic mass is 9.82. The molecule has 0 aromatic heterocycles. The molecule has 0 aliphatic heterocycles. The maximum absolute atomic E-state index is 11.4. The Morgan fingerprint density at radius 2 is 1.58 bits per heavy atom. The summed E-state index contributed by atoms with van der Waals surface area (Å²) in [6.07, 6.45) is 0. The standard InChI is InChI=1S/C15H10Cl2O2/c16-13-9-5-2-1-4-8(9)12-10(14(13)17)6-3-7-11(12)15(18)19/h1-7,13-14H,(H,18,19)/t13-,14-/m0/s1. The Morgan fingerprint density at radius 3 is 2.32 bits per heavy atom. The molecule has 0 bridgehead atoms. The number of carbonyl (C=O) groups is 1. The Hall–Kier alpha value is -1.51. The molecule has 0 fully saturated rings. The van der Waals surface area contributed by atoms with Gasteiger partial charge in [0.2, 0.25) is 0 Å². The first-order chi connectivity index (χ1) is 9.11. The largest absolute Gasteiger partial charge is 0.478 e. The summed E-state index contributed by atoms with van der Waals surface area (Å²) in [7, 11) is 0. The fourth-order valence-electron chi connectivity index (χ4n) is 2.56. The first-order valence-corrected chi connectivity index (χ1v) is 6.72. The molecule has 2 atom stereocenters. The summed E-state index contributed by atoms with van der Waals surface area (Å²) >= 11 is 12.8. The highest BCUT2D eigenvalue weighted by atomic mass is 35.5. The van der Waals surface area contributed by atoms with E-state index in [4.69, 9.17) is 23.2 Å². The lowest BCUT2D eigenvalue weighted by molar-refractivity contribution is 0.0697. The highest BCUT2D eigenvalue weighted by Gasteiger charge is 2.33. The first-order valence-electron chi connectivity index (χ1n) is 5.85. The molecule has 0 heterocycles. The van der Waals surface area contributed by atoms with Crippen LogP contribution in [0.1, 0.15) is 32.2 Å². The number of fused-ring (bicyclic) bond motifs is 3. The molecular formula is C15H10Cl2O2. The first kappa shape index (κ1) is 12.5. The third-order valence-electron chi connectivity index (χ3n) is 3.41. The molecule has 1 aliphatic rings. The van der Waals surface area contributed by atoms with Crippen LogP contribution in [-0.2, 0) is 0 Å². The average Bonchev–Trinajstić information content (AvgIpc) is 2.44. The molecule has 0 amide bonds. The minimum absolute atomic E-state index is 0.263. The average molecular weight is 293 g/mol. The van der Waals surface area contributed by atoms with E-state index in [2.05, 4.69) is 0 Å². The van der Waals surface area contributed by atoms with E-state index in [-0.39, 0.29) is 10.9 Å². The monoisotopic (exact) mass is 292 g/mol. The Labute approximate surface area is 120 Å². The predicted octanol–water partition coefficient (Wildman–Crippen LogP) is 4.63. The van der Waals surface area contributed by atoms with Gasteiger partial charge in [0.05, 0.1) is 16.3 Å². The lowest BCUT2D eigenvalue weighted by Gasteiger charge is -2.29. The van der Waals surface area contributed by atoms with Crippen LogP contribution in [0.4, 0.5) is 0 Å². The van der Waals surface area contributed by atoms with Crippen molar-refractivity contribution in [2.24, 2.45) is 0 Å². The van der Waals surface area contributed by atoms with E-state index in [1.165, 1.54) is 0 Å². The van der Waals surface area contributed by atoms with Crippen molar-refractivity contribution < 1.29 is 9.90 Å². The van der Waals surface area contributed by atoms with Crippen molar-refractivity contribution in [1.82, 2.24) is 0 Å². The molecule has 3 rings (SSSR count). The topological polar surface area (TPSA) is 37.3 Å². The minimum atomic E-state index is -0.955. The molecule has 0 unspecified atom stereocenters. The zero-order chi connectivity index (χ0) is 13.6. The third-order valence-corrected chi connectivity index (χ3v) is 4.51. The van der Waals surface area contributed by atoms with Gasteiger partial charge in [-0.15, -0.1) is 23.2 Å². The van der Waals surface area contributed by atoms with E-state index < -0.39 is 11.3 Å². The van der Waals surface area contributed by atoms with Gasteiger partial charge in [-0.3, -0.25) is 0 Å². The number of carboxylic acid groups (broad SMARTS) is 1. The van der Waals surface area contributed by atoms with Crippen LogP contribution in [0.3, 0.4) is 0 Å². The number of hydrogen-bond donors (Lipinski definition) is 1. The van der Waals surface area contributed by atoms with Crippen molar-refractivity contribution in [2.75, 3.05) is 0 Å². The molecule has 2 nitrogen and oxygen atoms in total. The van der Waals surface area contributed by atoms with Crippen LogP contribution in [0.5, 0.6) is 0 Å². The number of halogens is 2. The zero-order valence-electron chi connectivity index (χ0n) is 9.81. The number of alkyl halides is 2. The van der Waals surface area contributed by atoms with Crippen molar-refractivity contribution in [2.45, 2.75) is 10.8 Å². The molecule has 19 heavy (non-hydrogen) atoms. The maximum Gasteiger partial charge on any atom is 0.336 e. The molecule has 2 aromatic rings. The molecule has 0 radical (unpaired) electrons. The summed E-state index contributed by atoms with van der Waals surface area (Å²) in [5, 5.41) is 8.56. The molecular weight excluding hydrogens is 283 g/mol. The second-order valence-corrected chi connectivity index (χ2v) is 5.41. The molecule has 96 valence electrons. The summed E-state index contributed by atoms with van der Waals surface area (Å²) in [4.78, 5) is 11.4. The summed E-state index contributed by atoms with van der Waals surface area (Å²) in [5.74, 6) is -0.955. The zero-order valence-corrected chi connectivity index (χ0v) is 11.3. The van der Waals surface area contributed by atoms with Gasteiger partial charge in [0.25, 0.3) is 0 Å². The van der Waals surface area contributed by atoms with E-state index in [1.54, 1.807) is 12.1 Å². The highest BCUT2D eigenvalue weighted by Crippen LogP contribution is 2.51. The van der Waals surface area contributed by atoms with Gasteiger partial charge in [-0.05, 0) is 22.8 Å². The van der Waals surface area contributed by atoms with Crippen molar-refractivity contribution in [3.05, 3.63) is 59.2 Å². The SMILES string of the molecule is O=C(O)c1cccc2c1-c1ccccc1[C@H](Cl)[C@H]2Cl. The van der Waals surface area contributed by atoms with Crippen LogP contribution >= 0.6 is 23.2 Å². The molecule has 0 saturated heterocycles. The van der Waals surface area contributed by atoms with Crippen molar-refractivity contribution in [3.8, 4) is 11.1 Å². The van der Waals surface area contributed by atoms with Crippen LogP contribution in [0.15, 0.2) is 42.5 Å². The second-order valence-electron chi connectivity index (χ2n) is 4.47. The summed E-state index contributed by atoms with van der Waals surface area (Å²) in [6, 6.07) is 12.7. The Bertz CT molecular complexity index is 667. The van der Waals surface area contributed by atoms with E-state index in [9.17, 15) is 9.90 Å². The quantitative estimate of drug-likeness (QED) is 0.779. The van der Waals surface area contributed by atoms with Gasteiger partial charge in [0.15, 0.2) is 0 Å². The van der Waals surface area contributed by atoms with Crippen molar-refractivity contribution in [1.29, 1.82) is 0 Å². The Kier molecular flexibility index (Phi) is 3.00. The number of benzene rings is 2. The fraction of sp³-hybridized carbons (Fsp3) is 0.133. The molecule has 1 N–H and O–H groups in total. The third kappa shape index (κ3) is 1.83. The van der Waals surface area contributed by atoms with Crippen LogP contribution < -0.4 is 0 Å². The number of hydrogen-bond acceptors (Lipinski definition) is 1. The predicted molar refractivity (Wildman–Crippen MR) is 76.0 cm³/mol. The number of rotatable bonds is 1. The van der Waals surface area contributed by atoms with E-state index in [0.29, 0.717) is 5.56 Å². The minimum Gasteiger partial charge on any atom is -0.478 e. The Balaban J connectivity index is 2.38. The van der Waals surface area contributed by atoms with E-state index >= 15 is 0 Å². The molecule has 0 spiro atoms. The van der Waals surface area contributed by atoms with Gasteiger partial charge in [-0.2, -0.15) is 0 Å². The van der Waals surface area contributed by atoms with Gasteiger partial charge in [0.1, 0.15) is 0 Å². The van der Waals surface area contributed by atoms with Crippen molar-refractivity contribution >= 4 is 29.2 Å². The summed E-state index contributed by atoms with van der Waals surface area (Å²) < 4.78 is 0. The smallest absolute Gasteiger partial charge is 0.336 e. The molecule has 0 saturated carbocycles. The lowest BCUT2D eigenvalue weighted by Crippen LogP contribution is -2.13.